The van der Waals surface area contributed by atoms with Crippen molar-refractivity contribution >= 4 is 37.9 Å². The number of likely N-dealkylation sites (tertiary alicyclic amines) is 1. The number of aromatic nitrogens is 3. The highest BCUT2D eigenvalue weighted by atomic mass is 32.2. The van der Waals surface area contributed by atoms with Gasteiger partial charge in [0, 0.05) is 13.1 Å². The van der Waals surface area contributed by atoms with E-state index in [0.29, 0.717) is 23.2 Å². The second-order valence-electron chi connectivity index (χ2n) is 8.47. The van der Waals surface area contributed by atoms with Gasteiger partial charge in [0.05, 0.1) is 15.9 Å². The van der Waals surface area contributed by atoms with E-state index in [4.69, 9.17) is 15.7 Å². The Kier molecular flexibility index (Phi) is 5.35. The second-order valence-corrected chi connectivity index (χ2v) is 10.4. The van der Waals surface area contributed by atoms with Gasteiger partial charge in [0.1, 0.15) is 16.2 Å². The molecule has 0 spiro atoms. The minimum Gasteiger partial charge on any atom is -0.384 e. The third-order valence-corrected chi connectivity index (χ3v) is 8.07. The monoisotopic (exact) mass is 449 g/mol. The Bertz CT molecular complexity index is 1390. The Labute approximate surface area is 187 Å². The molecular formula is C24H27N5O2S. The summed E-state index contributed by atoms with van der Waals surface area (Å²) < 4.78 is 29.2. The number of benzene rings is 2. The number of nitrogens with zero attached hydrogens (tertiary/aromatic N) is 4. The van der Waals surface area contributed by atoms with Crippen LogP contribution in [0.4, 0.5) is 5.82 Å². The zero-order chi connectivity index (χ0) is 22.3. The highest BCUT2D eigenvalue weighted by molar-refractivity contribution is 7.92. The van der Waals surface area contributed by atoms with E-state index in [-0.39, 0.29) is 15.6 Å². The third-order valence-electron chi connectivity index (χ3n) is 6.23. The number of aryl methyl sites for hydroxylation is 1. The standard InChI is InChI=1S/C24H27N5O2S/c1-17-9-11-18(12-10-17)32(30,31)22-21-24(27-20-8-4-3-7-19(20)26-21)29(23(22)25)16-15-28-13-5-2-6-14-28/h3-4,7-12H,2,5-6,13-16,25H2,1H3. The molecule has 0 radical (unpaired) electrons. The molecule has 166 valence electrons. The lowest BCUT2D eigenvalue weighted by Gasteiger charge is -2.26. The predicted octanol–water partition coefficient (Wildman–Crippen LogP) is 3.79. The van der Waals surface area contributed by atoms with Gasteiger partial charge < -0.3 is 15.2 Å². The quantitative estimate of drug-likeness (QED) is 0.498. The Morgan fingerprint density at radius 3 is 2.25 bits per heavy atom. The minimum atomic E-state index is -3.87. The Hall–Kier alpha value is -2.97. The van der Waals surface area contributed by atoms with Crippen molar-refractivity contribution in [1.29, 1.82) is 0 Å². The van der Waals surface area contributed by atoms with Crippen molar-refractivity contribution < 1.29 is 8.42 Å². The van der Waals surface area contributed by atoms with Crippen LogP contribution < -0.4 is 5.73 Å². The lowest BCUT2D eigenvalue weighted by Crippen LogP contribution is -2.32. The molecule has 2 aromatic carbocycles. The molecule has 0 bridgehead atoms. The normalized spacial score (nSPS) is 15.5. The molecule has 4 aromatic rings. The molecule has 0 atom stereocenters. The Morgan fingerprint density at radius 2 is 1.56 bits per heavy atom. The lowest BCUT2D eigenvalue weighted by molar-refractivity contribution is 0.222. The van der Waals surface area contributed by atoms with Crippen molar-refractivity contribution in [2.24, 2.45) is 0 Å². The molecule has 8 heteroatoms. The zero-order valence-corrected chi connectivity index (χ0v) is 19.0. The summed E-state index contributed by atoms with van der Waals surface area (Å²) >= 11 is 0. The molecule has 0 unspecified atom stereocenters. The first kappa shape index (κ1) is 20.9. The maximum atomic E-state index is 13.7. The Balaban J connectivity index is 1.68. The maximum absolute atomic E-state index is 13.7. The van der Waals surface area contributed by atoms with Gasteiger partial charge >= 0.3 is 0 Å². The van der Waals surface area contributed by atoms with Crippen LogP contribution in [0.2, 0.25) is 0 Å². The van der Waals surface area contributed by atoms with Gasteiger partial charge in [-0.25, -0.2) is 18.4 Å². The maximum Gasteiger partial charge on any atom is 0.212 e. The van der Waals surface area contributed by atoms with Gasteiger partial charge in [0.25, 0.3) is 0 Å². The topological polar surface area (TPSA) is 94.1 Å². The van der Waals surface area contributed by atoms with Gasteiger partial charge in [0.2, 0.25) is 9.84 Å². The van der Waals surface area contributed by atoms with Crippen LogP contribution in [0.3, 0.4) is 0 Å². The van der Waals surface area contributed by atoms with Crippen molar-refractivity contribution in [3.63, 3.8) is 0 Å². The summed E-state index contributed by atoms with van der Waals surface area (Å²) in [5.74, 6) is 0.202. The molecule has 1 aliphatic rings. The van der Waals surface area contributed by atoms with Gasteiger partial charge in [-0.1, -0.05) is 36.2 Å². The largest absolute Gasteiger partial charge is 0.384 e. The number of anilines is 1. The van der Waals surface area contributed by atoms with Gasteiger partial charge in [0.15, 0.2) is 5.65 Å². The lowest BCUT2D eigenvalue weighted by atomic mass is 10.1. The van der Waals surface area contributed by atoms with Crippen molar-refractivity contribution in [1.82, 2.24) is 19.4 Å². The molecule has 0 saturated carbocycles. The number of fused-ring (bicyclic) bond motifs is 2. The van der Waals surface area contributed by atoms with Crippen LogP contribution in [-0.4, -0.2) is 47.5 Å². The molecule has 32 heavy (non-hydrogen) atoms. The number of nitrogens with two attached hydrogens (primary N) is 1. The number of para-hydroxylation sites is 2. The van der Waals surface area contributed by atoms with E-state index in [1.807, 2.05) is 35.8 Å². The summed E-state index contributed by atoms with van der Waals surface area (Å²) in [7, 11) is -3.87. The van der Waals surface area contributed by atoms with Crippen molar-refractivity contribution in [2.45, 2.75) is 42.5 Å². The molecule has 2 N–H and O–H groups in total. The molecule has 7 nitrogen and oxygen atoms in total. The van der Waals surface area contributed by atoms with Crippen LogP contribution >= 0.6 is 0 Å². The smallest absolute Gasteiger partial charge is 0.212 e. The summed E-state index contributed by atoms with van der Waals surface area (Å²) in [4.78, 5) is 12.1. The van der Waals surface area contributed by atoms with E-state index < -0.39 is 9.84 Å². The van der Waals surface area contributed by atoms with E-state index in [9.17, 15) is 8.42 Å². The SMILES string of the molecule is Cc1ccc(S(=O)(=O)c2c(N)n(CCN3CCCCC3)c3nc4ccccc4nc23)cc1. The fraction of sp³-hybridized carbons (Fsp3) is 0.333. The van der Waals surface area contributed by atoms with Crippen LogP contribution in [0.25, 0.3) is 22.2 Å². The van der Waals surface area contributed by atoms with E-state index in [1.54, 1.807) is 24.3 Å². The van der Waals surface area contributed by atoms with Gasteiger partial charge in [-0.3, -0.25) is 0 Å². The average Bonchev–Trinajstić information content (AvgIpc) is 3.07. The van der Waals surface area contributed by atoms with Crippen molar-refractivity contribution in [3.8, 4) is 0 Å². The number of hydrogen-bond donors (Lipinski definition) is 1. The third kappa shape index (κ3) is 3.63. The molecule has 5 rings (SSSR count). The number of rotatable bonds is 5. The van der Waals surface area contributed by atoms with Crippen molar-refractivity contribution in [2.75, 3.05) is 25.4 Å². The molecule has 1 fully saturated rings. The van der Waals surface area contributed by atoms with Crippen LogP contribution in [0.1, 0.15) is 24.8 Å². The number of nitrogen functional groups attached to an aromatic ring is 1. The summed E-state index contributed by atoms with van der Waals surface area (Å²) in [6, 6.07) is 14.3. The highest BCUT2D eigenvalue weighted by Gasteiger charge is 2.30. The number of piperidine rings is 1. The fourth-order valence-corrected chi connectivity index (χ4v) is 5.95. The Morgan fingerprint density at radius 1 is 0.906 bits per heavy atom. The number of hydrogen-bond acceptors (Lipinski definition) is 6. The number of sulfone groups is 1. The van der Waals surface area contributed by atoms with E-state index in [2.05, 4.69) is 4.90 Å². The summed E-state index contributed by atoms with van der Waals surface area (Å²) in [5.41, 5.74) is 9.74. The van der Waals surface area contributed by atoms with E-state index >= 15 is 0 Å². The molecule has 1 saturated heterocycles. The van der Waals surface area contributed by atoms with Crippen LogP contribution in [-0.2, 0) is 16.4 Å². The first-order valence-corrected chi connectivity index (χ1v) is 12.5. The molecule has 0 aliphatic carbocycles. The van der Waals surface area contributed by atoms with E-state index in [1.165, 1.54) is 19.3 Å². The average molecular weight is 450 g/mol. The summed E-state index contributed by atoms with van der Waals surface area (Å²) in [5, 5.41) is 0. The summed E-state index contributed by atoms with van der Waals surface area (Å²) in [6.07, 6.45) is 3.65. The fourth-order valence-electron chi connectivity index (χ4n) is 4.44. The zero-order valence-electron chi connectivity index (χ0n) is 18.2. The second kappa shape index (κ2) is 8.18. The van der Waals surface area contributed by atoms with Crippen LogP contribution in [0.5, 0.6) is 0 Å². The molecule has 2 aromatic heterocycles. The first-order valence-electron chi connectivity index (χ1n) is 11.0. The predicted molar refractivity (Wildman–Crippen MR) is 126 cm³/mol. The van der Waals surface area contributed by atoms with E-state index in [0.717, 1.165) is 30.7 Å². The van der Waals surface area contributed by atoms with Crippen LogP contribution in [0, 0.1) is 6.92 Å². The minimum absolute atomic E-state index is 0.0493. The molecular weight excluding hydrogens is 422 g/mol. The first-order chi connectivity index (χ1) is 15.4. The van der Waals surface area contributed by atoms with Crippen molar-refractivity contribution in [3.05, 3.63) is 54.1 Å². The summed E-state index contributed by atoms with van der Waals surface area (Å²) in [6.45, 7) is 5.41. The highest BCUT2D eigenvalue weighted by Crippen LogP contribution is 2.35. The molecule has 0 amide bonds. The van der Waals surface area contributed by atoms with Gasteiger partial charge in [-0.2, -0.15) is 0 Å². The van der Waals surface area contributed by atoms with Gasteiger partial charge in [-0.05, 0) is 57.1 Å². The molecule has 3 heterocycles. The molecule has 1 aliphatic heterocycles. The van der Waals surface area contributed by atoms with Gasteiger partial charge in [-0.15, -0.1) is 0 Å². The van der Waals surface area contributed by atoms with Crippen LogP contribution in [0.15, 0.2) is 58.3 Å².